The average Bonchev–Trinajstić information content (AvgIpc) is 3.21. The van der Waals surface area contributed by atoms with Crippen LogP contribution in [0, 0.1) is 0 Å². The number of pyridine rings is 1. The number of sulfonamides is 1. The third-order valence-electron chi connectivity index (χ3n) is 3.73. The van der Waals surface area contributed by atoms with Crippen molar-refractivity contribution in [3.8, 4) is 22.1 Å². The van der Waals surface area contributed by atoms with Crippen molar-refractivity contribution in [3.63, 3.8) is 0 Å². The van der Waals surface area contributed by atoms with Crippen LogP contribution in [0.15, 0.2) is 58.9 Å². The molecule has 3 rings (SSSR count). The largest absolute Gasteiger partial charge is 0.493 e. The van der Waals surface area contributed by atoms with Crippen LogP contribution < -0.4 is 14.2 Å². The number of nitrogens with one attached hydrogen (secondary N) is 1. The number of benzene rings is 1. The molecular formula is C18H18N2O4S2. The van der Waals surface area contributed by atoms with Crippen molar-refractivity contribution >= 4 is 21.4 Å². The molecular weight excluding hydrogens is 372 g/mol. The van der Waals surface area contributed by atoms with Crippen LogP contribution in [-0.4, -0.2) is 27.6 Å². The summed E-state index contributed by atoms with van der Waals surface area (Å²) in [5.74, 6) is 0.834. The molecule has 0 saturated heterocycles. The van der Waals surface area contributed by atoms with Crippen LogP contribution in [0.5, 0.6) is 11.5 Å². The Morgan fingerprint density at radius 2 is 1.88 bits per heavy atom. The molecule has 136 valence electrons. The smallest absolute Gasteiger partial charge is 0.241 e. The number of rotatable bonds is 7. The Kier molecular flexibility index (Phi) is 5.55. The van der Waals surface area contributed by atoms with Crippen LogP contribution in [0.4, 0.5) is 0 Å². The Labute approximate surface area is 156 Å². The molecule has 3 aromatic rings. The SMILES string of the molecule is COc1ccc(S(=O)(=O)NCc2ccnc(-c3cccs3)c2)cc1OC. The molecule has 0 unspecified atom stereocenters. The highest BCUT2D eigenvalue weighted by molar-refractivity contribution is 7.89. The maximum absolute atomic E-state index is 12.6. The average molecular weight is 390 g/mol. The van der Waals surface area contributed by atoms with Crippen LogP contribution in [-0.2, 0) is 16.6 Å². The van der Waals surface area contributed by atoms with E-state index >= 15 is 0 Å². The Morgan fingerprint density at radius 1 is 1.08 bits per heavy atom. The van der Waals surface area contributed by atoms with Gasteiger partial charge in [0.2, 0.25) is 10.0 Å². The molecule has 1 N–H and O–H groups in total. The van der Waals surface area contributed by atoms with Crippen molar-refractivity contribution < 1.29 is 17.9 Å². The number of nitrogens with zero attached hydrogens (tertiary/aromatic N) is 1. The Balaban J connectivity index is 1.78. The van der Waals surface area contributed by atoms with Crippen LogP contribution in [0.25, 0.3) is 10.6 Å². The lowest BCUT2D eigenvalue weighted by Crippen LogP contribution is -2.23. The fourth-order valence-electron chi connectivity index (χ4n) is 2.39. The van der Waals surface area contributed by atoms with E-state index in [1.54, 1.807) is 29.7 Å². The first-order chi connectivity index (χ1) is 12.5. The summed E-state index contributed by atoms with van der Waals surface area (Å²) in [6, 6.07) is 12.1. The molecule has 0 aliphatic rings. The highest BCUT2D eigenvalue weighted by Crippen LogP contribution is 2.29. The van der Waals surface area contributed by atoms with Crippen molar-refractivity contribution in [3.05, 3.63) is 59.6 Å². The second-order valence-corrected chi connectivity index (χ2v) is 8.08. The number of aromatic nitrogens is 1. The molecule has 0 saturated carbocycles. The summed E-state index contributed by atoms with van der Waals surface area (Å²) in [6.07, 6.45) is 1.68. The number of ether oxygens (including phenoxy) is 2. The molecule has 8 heteroatoms. The van der Waals surface area contributed by atoms with Gasteiger partial charge in [-0.25, -0.2) is 13.1 Å². The van der Waals surface area contributed by atoms with Gasteiger partial charge < -0.3 is 9.47 Å². The summed E-state index contributed by atoms with van der Waals surface area (Å²) in [7, 11) is -0.724. The van der Waals surface area contributed by atoms with Gasteiger partial charge in [-0.1, -0.05) is 6.07 Å². The van der Waals surface area contributed by atoms with Crippen LogP contribution in [0.3, 0.4) is 0 Å². The predicted molar refractivity (Wildman–Crippen MR) is 101 cm³/mol. The molecule has 0 atom stereocenters. The Morgan fingerprint density at radius 3 is 2.58 bits per heavy atom. The third kappa shape index (κ3) is 4.04. The molecule has 0 aliphatic heterocycles. The van der Waals surface area contributed by atoms with Gasteiger partial charge in [-0.2, -0.15) is 0 Å². The zero-order valence-corrected chi connectivity index (χ0v) is 15.9. The Hall–Kier alpha value is -2.42. The summed E-state index contributed by atoms with van der Waals surface area (Å²) in [5.41, 5.74) is 1.65. The predicted octanol–water partition coefficient (Wildman–Crippen LogP) is 3.31. The highest BCUT2D eigenvalue weighted by atomic mass is 32.2. The van der Waals surface area contributed by atoms with Gasteiger partial charge in [0.25, 0.3) is 0 Å². The Bertz CT molecular complexity index is 986. The van der Waals surface area contributed by atoms with Crippen LogP contribution in [0.1, 0.15) is 5.56 Å². The molecule has 6 nitrogen and oxygen atoms in total. The normalized spacial score (nSPS) is 11.3. The van der Waals surface area contributed by atoms with E-state index in [-0.39, 0.29) is 11.4 Å². The van der Waals surface area contributed by atoms with E-state index in [0.717, 1.165) is 16.1 Å². The summed E-state index contributed by atoms with van der Waals surface area (Å²) < 4.78 is 38.0. The topological polar surface area (TPSA) is 77.5 Å². The maximum atomic E-state index is 12.6. The number of thiophene rings is 1. The van der Waals surface area contributed by atoms with E-state index in [2.05, 4.69) is 9.71 Å². The maximum Gasteiger partial charge on any atom is 0.241 e. The monoisotopic (exact) mass is 390 g/mol. The summed E-state index contributed by atoms with van der Waals surface area (Å²) in [4.78, 5) is 5.48. The van der Waals surface area contributed by atoms with E-state index in [0.29, 0.717) is 11.5 Å². The molecule has 0 aliphatic carbocycles. The van der Waals surface area contributed by atoms with Gasteiger partial charge in [0, 0.05) is 18.8 Å². The van der Waals surface area contributed by atoms with Crippen molar-refractivity contribution in [1.29, 1.82) is 0 Å². The van der Waals surface area contributed by atoms with Crippen molar-refractivity contribution in [2.75, 3.05) is 14.2 Å². The van der Waals surface area contributed by atoms with E-state index in [9.17, 15) is 8.42 Å². The van der Waals surface area contributed by atoms with Gasteiger partial charge in [0.1, 0.15) is 0 Å². The molecule has 2 aromatic heterocycles. The van der Waals surface area contributed by atoms with E-state index < -0.39 is 10.0 Å². The summed E-state index contributed by atoms with van der Waals surface area (Å²) >= 11 is 1.59. The van der Waals surface area contributed by atoms with Crippen molar-refractivity contribution in [2.45, 2.75) is 11.4 Å². The minimum Gasteiger partial charge on any atom is -0.493 e. The van der Waals surface area contributed by atoms with Gasteiger partial charge in [-0.3, -0.25) is 4.98 Å². The third-order valence-corrected chi connectivity index (χ3v) is 6.02. The zero-order chi connectivity index (χ0) is 18.6. The van der Waals surface area contributed by atoms with Gasteiger partial charge in [0.15, 0.2) is 11.5 Å². The molecule has 2 heterocycles. The zero-order valence-electron chi connectivity index (χ0n) is 14.3. The first-order valence-electron chi connectivity index (χ1n) is 7.74. The van der Waals surface area contributed by atoms with E-state index in [4.69, 9.17) is 9.47 Å². The van der Waals surface area contributed by atoms with Gasteiger partial charge in [0.05, 0.1) is 29.7 Å². The van der Waals surface area contributed by atoms with E-state index in [1.807, 2.05) is 23.6 Å². The molecule has 0 radical (unpaired) electrons. The second kappa shape index (κ2) is 7.86. The highest BCUT2D eigenvalue weighted by Gasteiger charge is 2.17. The fourth-order valence-corrected chi connectivity index (χ4v) is 4.11. The number of hydrogen-bond donors (Lipinski definition) is 1. The first kappa shape index (κ1) is 18.4. The molecule has 26 heavy (non-hydrogen) atoms. The quantitative estimate of drug-likeness (QED) is 0.670. The molecule has 0 bridgehead atoms. The lowest BCUT2D eigenvalue weighted by Gasteiger charge is -2.11. The molecule has 0 amide bonds. The van der Waals surface area contributed by atoms with Gasteiger partial charge in [-0.15, -0.1) is 11.3 Å². The lowest BCUT2D eigenvalue weighted by atomic mass is 10.2. The fraction of sp³-hybridized carbons (Fsp3) is 0.167. The standard InChI is InChI=1S/C18H18N2O4S2/c1-23-16-6-5-14(11-17(16)24-2)26(21,22)20-12-13-7-8-19-15(10-13)18-4-3-9-25-18/h3-11,20H,12H2,1-2H3. The molecule has 0 fully saturated rings. The number of hydrogen-bond acceptors (Lipinski definition) is 6. The van der Waals surface area contributed by atoms with Crippen molar-refractivity contribution in [1.82, 2.24) is 9.71 Å². The lowest BCUT2D eigenvalue weighted by molar-refractivity contribution is 0.354. The van der Waals surface area contributed by atoms with Crippen LogP contribution in [0.2, 0.25) is 0 Å². The van der Waals surface area contributed by atoms with Crippen LogP contribution >= 0.6 is 11.3 Å². The summed E-state index contributed by atoms with van der Waals surface area (Å²) in [5, 5.41) is 1.98. The van der Waals surface area contributed by atoms with Gasteiger partial charge >= 0.3 is 0 Å². The second-order valence-electron chi connectivity index (χ2n) is 5.37. The minimum absolute atomic E-state index is 0.114. The van der Waals surface area contributed by atoms with Gasteiger partial charge in [-0.05, 0) is 41.3 Å². The molecule has 1 aromatic carbocycles. The summed E-state index contributed by atoms with van der Waals surface area (Å²) in [6.45, 7) is 0.164. The van der Waals surface area contributed by atoms with E-state index in [1.165, 1.54) is 26.4 Å². The molecule has 0 spiro atoms. The minimum atomic E-state index is -3.69. The van der Waals surface area contributed by atoms with Crippen molar-refractivity contribution in [2.24, 2.45) is 0 Å². The first-order valence-corrected chi connectivity index (χ1v) is 10.1. The number of methoxy groups -OCH3 is 2.